The van der Waals surface area contributed by atoms with Crippen LogP contribution in [0.25, 0.3) is 0 Å². The van der Waals surface area contributed by atoms with E-state index in [0.29, 0.717) is 0 Å². The summed E-state index contributed by atoms with van der Waals surface area (Å²) in [6, 6.07) is 4.33. The molecule has 0 radical (unpaired) electrons. The fourth-order valence-corrected chi connectivity index (χ4v) is 2.93. The van der Waals surface area contributed by atoms with Crippen LogP contribution in [0.2, 0.25) is 0 Å². The van der Waals surface area contributed by atoms with Crippen molar-refractivity contribution >= 4 is 11.3 Å². The van der Waals surface area contributed by atoms with Crippen molar-refractivity contribution in [1.82, 2.24) is 10.3 Å². The predicted molar refractivity (Wildman–Crippen MR) is 70.3 cm³/mol. The molecule has 0 spiro atoms. The minimum atomic E-state index is 0.196. The number of rotatable bonds is 4. The van der Waals surface area contributed by atoms with Crippen molar-refractivity contribution in [2.45, 2.75) is 39.8 Å². The Balaban J connectivity index is 2.06. The minimum Gasteiger partial charge on any atom is -0.468 e. The molecule has 17 heavy (non-hydrogen) atoms. The molecule has 0 aromatic carbocycles. The molecular formula is C13H18N2OS. The maximum Gasteiger partial charge on any atom is 0.120 e. The molecule has 0 amide bonds. The first-order chi connectivity index (χ1) is 8.08. The number of hydrogen-bond acceptors (Lipinski definition) is 4. The van der Waals surface area contributed by atoms with Crippen LogP contribution in [0.1, 0.15) is 47.3 Å². The highest BCUT2D eigenvalue weighted by atomic mass is 32.1. The Morgan fingerprint density at radius 2 is 2.06 bits per heavy atom. The lowest BCUT2D eigenvalue weighted by atomic mass is 10.1. The molecule has 0 aliphatic heterocycles. The van der Waals surface area contributed by atoms with Gasteiger partial charge in [0.15, 0.2) is 0 Å². The molecule has 2 aromatic rings. The first-order valence-electron chi connectivity index (χ1n) is 5.81. The molecule has 2 heterocycles. The number of thiazole rings is 1. The molecule has 2 aromatic heterocycles. The third-order valence-electron chi connectivity index (χ3n) is 2.82. The first-order valence-corrected chi connectivity index (χ1v) is 6.63. The van der Waals surface area contributed by atoms with Gasteiger partial charge in [-0.1, -0.05) is 0 Å². The van der Waals surface area contributed by atoms with Crippen LogP contribution in [0.4, 0.5) is 0 Å². The van der Waals surface area contributed by atoms with Crippen LogP contribution >= 0.6 is 11.3 Å². The summed E-state index contributed by atoms with van der Waals surface area (Å²) < 4.78 is 5.39. The molecule has 0 saturated carbocycles. The van der Waals surface area contributed by atoms with Crippen LogP contribution in [-0.4, -0.2) is 4.98 Å². The molecule has 2 atom stereocenters. The Morgan fingerprint density at radius 3 is 2.59 bits per heavy atom. The zero-order valence-electron chi connectivity index (χ0n) is 10.7. The molecule has 3 nitrogen and oxygen atoms in total. The van der Waals surface area contributed by atoms with E-state index in [4.69, 9.17) is 4.42 Å². The smallest absolute Gasteiger partial charge is 0.120 e. The monoisotopic (exact) mass is 250 g/mol. The van der Waals surface area contributed by atoms with Crippen molar-refractivity contribution in [3.05, 3.63) is 39.7 Å². The van der Waals surface area contributed by atoms with E-state index in [9.17, 15) is 0 Å². The lowest BCUT2D eigenvalue weighted by Crippen LogP contribution is -2.22. The molecule has 1 N–H and O–H groups in total. The summed E-state index contributed by atoms with van der Waals surface area (Å²) in [5, 5.41) is 4.63. The molecule has 0 aliphatic carbocycles. The van der Waals surface area contributed by atoms with Gasteiger partial charge in [-0.15, -0.1) is 11.3 Å². The number of aryl methyl sites for hydroxylation is 2. The SMILES string of the molecule is Cc1nc(C(C)N[C@H](C)c2ccco2)c(C)s1. The van der Waals surface area contributed by atoms with Gasteiger partial charge < -0.3 is 4.42 Å². The fourth-order valence-electron chi connectivity index (χ4n) is 2.02. The summed E-state index contributed by atoms with van der Waals surface area (Å²) in [7, 11) is 0. The highest BCUT2D eigenvalue weighted by molar-refractivity contribution is 7.11. The van der Waals surface area contributed by atoms with Crippen LogP contribution in [0.3, 0.4) is 0 Å². The molecule has 0 saturated heterocycles. The van der Waals surface area contributed by atoms with Gasteiger partial charge in [0.2, 0.25) is 0 Å². The molecular weight excluding hydrogens is 232 g/mol. The van der Waals surface area contributed by atoms with E-state index in [1.54, 1.807) is 17.6 Å². The first kappa shape index (κ1) is 12.3. The van der Waals surface area contributed by atoms with E-state index >= 15 is 0 Å². The van der Waals surface area contributed by atoms with Crippen molar-refractivity contribution in [2.75, 3.05) is 0 Å². The van der Waals surface area contributed by atoms with Crippen LogP contribution < -0.4 is 5.32 Å². The molecule has 1 unspecified atom stereocenters. The van der Waals surface area contributed by atoms with E-state index in [-0.39, 0.29) is 12.1 Å². The number of hydrogen-bond donors (Lipinski definition) is 1. The van der Waals surface area contributed by atoms with Crippen LogP contribution in [-0.2, 0) is 0 Å². The normalized spacial score (nSPS) is 14.8. The molecule has 2 rings (SSSR count). The maximum atomic E-state index is 5.39. The van der Waals surface area contributed by atoms with Crippen LogP contribution in [0, 0.1) is 13.8 Å². The highest BCUT2D eigenvalue weighted by Crippen LogP contribution is 2.25. The molecule has 0 fully saturated rings. The van der Waals surface area contributed by atoms with Crippen LogP contribution in [0.5, 0.6) is 0 Å². The zero-order valence-corrected chi connectivity index (χ0v) is 11.5. The van der Waals surface area contributed by atoms with Crippen molar-refractivity contribution in [3.63, 3.8) is 0 Å². The Bertz CT molecular complexity index is 476. The van der Waals surface area contributed by atoms with Crippen molar-refractivity contribution in [2.24, 2.45) is 0 Å². The molecule has 0 aliphatic rings. The van der Waals surface area contributed by atoms with Gasteiger partial charge in [0.05, 0.1) is 23.0 Å². The van der Waals surface area contributed by atoms with Gasteiger partial charge >= 0.3 is 0 Å². The van der Waals surface area contributed by atoms with Crippen molar-refractivity contribution < 1.29 is 4.42 Å². The quantitative estimate of drug-likeness (QED) is 0.897. The second-order valence-corrected chi connectivity index (χ2v) is 5.71. The van der Waals surface area contributed by atoms with Crippen LogP contribution in [0.15, 0.2) is 22.8 Å². The average Bonchev–Trinajstić information content (AvgIpc) is 2.87. The van der Waals surface area contributed by atoms with Crippen molar-refractivity contribution in [3.8, 4) is 0 Å². The second kappa shape index (κ2) is 5.02. The molecule has 0 bridgehead atoms. The summed E-state index contributed by atoms with van der Waals surface area (Å²) in [6.45, 7) is 8.41. The van der Waals surface area contributed by atoms with E-state index in [1.807, 2.05) is 19.1 Å². The summed E-state index contributed by atoms with van der Waals surface area (Å²) >= 11 is 1.75. The van der Waals surface area contributed by atoms with Gasteiger partial charge in [-0.25, -0.2) is 4.98 Å². The van der Waals surface area contributed by atoms with Gasteiger partial charge in [-0.2, -0.15) is 0 Å². The molecule has 92 valence electrons. The fraction of sp³-hybridized carbons (Fsp3) is 0.462. The third-order valence-corrected chi connectivity index (χ3v) is 3.72. The van der Waals surface area contributed by atoms with Gasteiger partial charge in [0.1, 0.15) is 5.76 Å². The standard InChI is InChI=1S/C13H18N2OS/c1-8(12-6-5-7-16-12)14-9(2)13-10(3)17-11(4)15-13/h5-9,14H,1-4H3/t8-,9?/m1/s1. The number of aromatic nitrogens is 1. The summed E-state index contributed by atoms with van der Waals surface area (Å²) in [5.74, 6) is 0.960. The number of furan rings is 1. The van der Waals surface area contributed by atoms with E-state index in [1.165, 1.54) is 4.88 Å². The Labute approximate surface area is 106 Å². The lowest BCUT2D eigenvalue weighted by Gasteiger charge is -2.17. The van der Waals surface area contributed by atoms with E-state index in [2.05, 4.69) is 31.1 Å². The van der Waals surface area contributed by atoms with Gasteiger partial charge in [-0.05, 0) is 39.8 Å². The van der Waals surface area contributed by atoms with Crippen molar-refractivity contribution in [1.29, 1.82) is 0 Å². The molecule has 4 heteroatoms. The Hall–Kier alpha value is -1.13. The predicted octanol–water partition coefficient (Wildman–Crippen LogP) is 3.76. The summed E-state index contributed by atoms with van der Waals surface area (Å²) in [6.07, 6.45) is 1.70. The van der Waals surface area contributed by atoms with Gasteiger partial charge in [0, 0.05) is 10.9 Å². The summed E-state index contributed by atoms with van der Waals surface area (Å²) in [5.41, 5.74) is 1.14. The minimum absolute atomic E-state index is 0.196. The van der Waals surface area contributed by atoms with Gasteiger partial charge in [0.25, 0.3) is 0 Å². The number of nitrogens with zero attached hydrogens (tertiary/aromatic N) is 1. The largest absolute Gasteiger partial charge is 0.468 e. The second-order valence-electron chi connectivity index (χ2n) is 4.30. The lowest BCUT2D eigenvalue weighted by molar-refractivity contribution is 0.400. The Kier molecular flexibility index (Phi) is 3.64. The topological polar surface area (TPSA) is 38.1 Å². The van der Waals surface area contributed by atoms with E-state index in [0.717, 1.165) is 16.5 Å². The summed E-state index contributed by atoms with van der Waals surface area (Å²) in [4.78, 5) is 5.86. The van der Waals surface area contributed by atoms with E-state index < -0.39 is 0 Å². The maximum absolute atomic E-state index is 5.39. The average molecular weight is 250 g/mol. The highest BCUT2D eigenvalue weighted by Gasteiger charge is 2.17. The van der Waals surface area contributed by atoms with Gasteiger partial charge in [-0.3, -0.25) is 5.32 Å². The zero-order chi connectivity index (χ0) is 12.4. The third kappa shape index (κ3) is 2.76. The Morgan fingerprint density at radius 1 is 1.29 bits per heavy atom. The number of nitrogens with one attached hydrogen (secondary N) is 1.